The number of nitrogens with zero attached hydrogens (tertiary/aromatic N) is 3. The van der Waals surface area contributed by atoms with Crippen LogP contribution in [0.5, 0.6) is 5.75 Å². The minimum atomic E-state index is -0.0615. The quantitative estimate of drug-likeness (QED) is 0.746. The van der Waals surface area contributed by atoms with Gasteiger partial charge in [0.2, 0.25) is 5.91 Å². The van der Waals surface area contributed by atoms with Crippen molar-refractivity contribution < 1.29 is 18.8 Å². The Morgan fingerprint density at radius 3 is 2.45 bits per heavy atom. The van der Waals surface area contributed by atoms with Gasteiger partial charge in [-0.2, -0.15) is 0 Å². The van der Waals surface area contributed by atoms with Gasteiger partial charge in [0, 0.05) is 38.5 Å². The molecule has 7 heteroatoms. The number of rotatable bonds is 6. The van der Waals surface area contributed by atoms with E-state index in [0.29, 0.717) is 56.0 Å². The van der Waals surface area contributed by atoms with Gasteiger partial charge in [-0.1, -0.05) is 37.2 Å². The number of aryl methyl sites for hydroxylation is 2. The Morgan fingerprint density at radius 2 is 1.79 bits per heavy atom. The SMILES string of the molecule is COc1ccccc1CCC(=O)N1CCN(C(=O)c2c(C)noc2C(C)C)CC1. The van der Waals surface area contributed by atoms with Gasteiger partial charge in [0.15, 0.2) is 5.76 Å². The molecule has 1 aliphatic heterocycles. The molecule has 0 unspecified atom stereocenters. The van der Waals surface area contributed by atoms with E-state index in [1.165, 1.54) is 0 Å². The zero-order valence-corrected chi connectivity index (χ0v) is 17.6. The van der Waals surface area contributed by atoms with Crippen molar-refractivity contribution in [3.05, 3.63) is 46.8 Å². The summed E-state index contributed by atoms with van der Waals surface area (Å²) in [6.45, 7) is 7.86. The standard InChI is InChI=1S/C22H29N3O4/c1-15(2)21-20(16(3)23-29-21)22(27)25-13-11-24(12-14-25)19(26)10-9-17-7-5-6-8-18(17)28-4/h5-8,15H,9-14H2,1-4H3. The summed E-state index contributed by atoms with van der Waals surface area (Å²) < 4.78 is 10.7. The largest absolute Gasteiger partial charge is 0.496 e. The molecule has 29 heavy (non-hydrogen) atoms. The van der Waals surface area contributed by atoms with Crippen molar-refractivity contribution in [2.24, 2.45) is 0 Å². The summed E-state index contributed by atoms with van der Waals surface area (Å²) in [6, 6.07) is 7.76. The number of piperazine rings is 1. The lowest BCUT2D eigenvalue weighted by Gasteiger charge is -2.35. The summed E-state index contributed by atoms with van der Waals surface area (Å²) in [5.41, 5.74) is 2.21. The van der Waals surface area contributed by atoms with Crippen LogP contribution in [0.4, 0.5) is 0 Å². The summed E-state index contributed by atoms with van der Waals surface area (Å²) in [5, 5.41) is 3.97. The van der Waals surface area contributed by atoms with E-state index in [1.54, 1.807) is 18.9 Å². The average Bonchev–Trinajstić information content (AvgIpc) is 3.13. The van der Waals surface area contributed by atoms with E-state index in [-0.39, 0.29) is 17.7 Å². The number of hydrogen-bond acceptors (Lipinski definition) is 5. The summed E-state index contributed by atoms with van der Waals surface area (Å²) in [5.74, 6) is 1.57. The number of para-hydroxylation sites is 1. The third-order valence-corrected chi connectivity index (χ3v) is 5.35. The molecule has 0 N–H and O–H groups in total. The molecule has 0 saturated carbocycles. The van der Waals surface area contributed by atoms with Gasteiger partial charge in [0.25, 0.3) is 5.91 Å². The van der Waals surface area contributed by atoms with E-state index in [9.17, 15) is 9.59 Å². The zero-order valence-electron chi connectivity index (χ0n) is 17.6. The minimum Gasteiger partial charge on any atom is -0.496 e. The molecule has 3 rings (SSSR count). The lowest BCUT2D eigenvalue weighted by molar-refractivity contribution is -0.132. The molecule has 1 aliphatic rings. The molecule has 0 spiro atoms. The summed E-state index contributed by atoms with van der Waals surface area (Å²) in [4.78, 5) is 29.2. The lowest BCUT2D eigenvalue weighted by Crippen LogP contribution is -2.50. The van der Waals surface area contributed by atoms with Gasteiger partial charge in [-0.3, -0.25) is 9.59 Å². The van der Waals surface area contributed by atoms with Gasteiger partial charge in [-0.25, -0.2) is 0 Å². The zero-order chi connectivity index (χ0) is 21.0. The number of hydrogen-bond donors (Lipinski definition) is 0. The van der Waals surface area contributed by atoms with Crippen LogP contribution in [0, 0.1) is 6.92 Å². The first-order chi connectivity index (χ1) is 13.9. The van der Waals surface area contributed by atoms with Gasteiger partial charge in [-0.15, -0.1) is 0 Å². The van der Waals surface area contributed by atoms with Crippen molar-refractivity contribution in [1.29, 1.82) is 0 Å². The maximum absolute atomic E-state index is 13.0. The smallest absolute Gasteiger partial charge is 0.259 e. The predicted molar refractivity (Wildman–Crippen MR) is 109 cm³/mol. The molecule has 0 aliphatic carbocycles. The minimum absolute atomic E-state index is 0.0615. The highest BCUT2D eigenvalue weighted by Crippen LogP contribution is 2.24. The Kier molecular flexibility index (Phi) is 6.56. The second-order valence-corrected chi connectivity index (χ2v) is 7.65. The third-order valence-electron chi connectivity index (χ3n) is 5.35. The van der Waals surface area contributed by atoms with Crippen LogP contribution in [0.3, 0.4) is 0 Å². The fourth-order valence-electron chi connectivity index (χ4n) is 3.67. The number of methoxy groups -OCH3 is 1. The van der Waals surface area contributed by atoms with Crippen LogP contribution in [-0.2, 0) is 11.2 Å². The molecule has 1 fully saturated rings. The molecular formula is C22H29N3O4. The van der Waals surface area contributed by atoms with Gasteiger partial charge >= 0.3 is 0 Å². The first-order valence-electron chi connectivity index (χ1n) is 10.1. The van der Waals surface area contributed by atoms with Crippen LogP contribution in [0.15, 0.2) is 28.8 Å². The monoisotopic (exact) mass is 399 g/mol. The van der Waals surface area contributed by atoms with Crippen molar-refractivity contribution >= 4 is 11.8 Å². The predicted octanol–water partition coefficient (Wildman–Crippen LogP) is 3.03. The van der Waals surface area contributed by atoms with Crippen molar-refractivity contribution in [3.8, 4) is 5.75 Å². The third kappa shape index (κ3) is 4.60. The number of benzene rings is 1. The van der Waals surface area contributed by atoms with Gasteiger partial charge in [0.1, 0.15) is 11.3 Å². The highest BCUT2D eigenvalue weighted by Gasteiger charge is 2.30. The second kappa shape index (κ2) is 9.11. The van der Waals surface area contributed by atoms with E-state index >= 15 is 0 Å². The van der Waals surface area contributed by atoms with Crippen molar-refractivity contribution in [3.63, 3.8) is 0 Å². The Morgan fingerprint density at radius 1 is 1.14 bits per heavy atom. The Balaban J connectivity index is 1.56. The van der Waals surface area contributed by atoms with Crippen LogP contribution in [-0.4, -0.2) is 60.1 Å². The van der Waals surface area contributed by atoms with E-state index in [0.717, 1.165) is 11.3 Å². The topological polar surface area (TPSA) is 75.9 Å². The molecular weight excluding hydrogens is 370 g/mol. The summed E-state index contributed by atoms with van der Waals surface area (Å²) >= 11 is 0. The Labute approximate surface area is 171 Å². The summed E-state index contributed by atoms with van der Waals surface area (Å²) in [7, 11) is 1.64. The molecule has 2 heterocycles. The van der Waals surface area contributed by atoms with Crippen LogP contribution in [0.2, 0.25) is 0 Å². The highest BCUT2D eigenvalue weighted by atomic mass is 16.5. The van der Waals surface area contributed by atoms with E-state index in [4.69, 9.17) is 9.26 Å². The molecule has 2 aromatic rings. The van der Waals surface area contributed by atoms with Crippen LogP contribution in [0.25, 0.3) is 0 Å². The van der Waals surface area contributed by atoms with Crippen LogP contribution in [0.1, 0.15) is 53.6 Å². The van der Waals surface area contributed by atoms with Gasteiger partial charge < -0.3 is 19.1 Å². The molecule has 2 amide bonds. The van der Waals surface area contributed by atoms with Gasteiger partial charge in [0.05, 0.1) is 12.8 Å². The van der Waals surface area contributed by atoms with Crippen LogP contribution < -0.4 is 4.74 Å². The van der Waals surface area contributed by atoms with Crippen molar-refractivity contribution in [2.75, 3.05) is 33.3 Å². The number of carbonyl (C=O) groups is 2. The molecule has 7 nitrogen and oxygen atoms in total. The normalized spacial score (nSPS) is 14.4. The van der Waals surface area contributed by atoms with Crippen molar-refractivity contribution in [2.45, 2.75) is 39.5 Å². The van der Waals surface area contributed by atoms with Gasteiger partial charge in [-0.05, 0) is 25.0 Å². The van der Waals surface area contributed by atoms with E-state index in [1.807, 2.05) is 43.0 Å². The van der Waals surface area contributed by atoms with Crippen LogP contribution >= 0.6 is 0 Å². The molecule has 0 bridgehead atoms. The lowest BCUT2D eigenvalue weighted by atomic mass is 10.0. The fourth-order valence-corrected chi connectivity index (χ4v) is 3.67. The number of ether oxygens (including phenoxy) is 1. The maximum Gasteiger partial charge on any atom is 0.259 e. The number of aromatic nitrogens is 1. The molecule has 1 saturated heterocycles. The average molecular weight is 399 g/mol. The maximum atomic E-state index is 13.0. The Hall–Kier alpha value is -2.83. The summed E-state index contributed by atoms with van der Waals surface area (Å²) in [6.07, 6.45) is 1.07. The first-order valence-corrected chi connectivity index (χ1v) is 10.1. The molecule has 0 radical (unpaired) electrons. The number of carbonyl (C=O) groups excluding carboxylic acids is 2. The molecule has 1 aromatic carbocycles. The molecule has 156 valence electrons. The Bertz CT molecular complexity index is 867. The second-order valence-electron chi connectivity index (χ2n) is 7.65. The van der Waals surface area contributed by atoms with E-state index < -0.39 is 0 Å². The highest BCUT2D eigenvalue weighted by molar-refractivity contribution is 5.96. The number of amides is 2. The first kappa shape index (κ1) is 20.9. The van der Waals surface area contributed by atoms with E-state index in [2.05, 4.69) is 5.16 Å². The molecule has 1 aromatic heterocycles. The van der Waals surface area contributed by atoms with Crippen molar-refractivity contribution in [1.82, 2.24) is 15.0 Å². The molecule has 0 atom stereocenters. The fraction of sp³-hybridized carbons (Fsp3) is 0.500.